The van der Waals surface area contributed by atoms with E-state index in [-0.39, 0.29) is 5.82 Å². The van der Waals surface area contributed by atoms with Crippen molar-refractivity contribution in [2.24, 2.45) is 0 Å². The molecule has 0 saturated carbocycles. The first kappa shape index (κ1) is 15.7. The van der Waals surface area contributed by atoms with Gasteiger partial charge in [-0.05, 0) is 58.2 Å². The van der Waals surface area contributed by atoms with Gasteiger partial charge in [-0.2, -0.15) is 0 Å². The van der Waals surface area contributed by atoms with Gasteiger partial charge in [-0.1, -0.05) is 34.1 Å². The zero-order chi connectivity index (χ0) is 14.8. The van der Waals surface area contributed by atoms with E-state index in [1.807, 2.05) is 24.3 Å². The standard InChI is InChI=1S/C16H15Br2FO/c1-16(20,9-11-2-5-13(17)6-3-11)10-12-4-7-15(19)14(18)8-12/h2-8,20H,9-10H2,1H3. The maximum atomic E-state index is 13.2. The molecule has 0 aromatic heterocycles. The van der Waals surface area contributed by atoms with Crippen LogP contribution in [0.4, 0.5) is 4.39 Å². The molecule has 0 bridgehead atoms. The molecule has 1 atom stereocenters. The van der Waals surface area contributed by atoms with Gasteiger partial charge in [0.1, 0.15) is 5.82 Å². The quantitative estimate of drug-likeness (QED) is 0.773. The summed E-state index contributed by atoms with van der Waals surface area (Å²) in [6.07, 6.45) is 1.03. The van der Waals surface area contributed by atoms with Crippen LogP contribution in [0, 0.1) is 5.82 Å². The summed E-state index contributed by atoms with van der Waals surface area (Å²) in [5.41, 5.74) is 1.10. The summed E-state index contributed by atoms with van der Waals surface area (Å²) < 4.78 is 14.6. The molecule has 0 aliphatic heterocycles. The molecule has 4 heteroatoms. The Morgan fingerprint density at radius 2 is 1.55 bits per heavy atom. The van der Waals surface area contributed by atoms with Gasteiger partial charge in [0.15, 0.2) is 0 Å². The number of aliphatic hydroxyl groups is 1. The Kier molecular flexibility index (Phi) is 4.99. The summed E-state index contributed by atoms with van der Waals surface area (Å²) in [5, 5.41) is 10.5. The predicted octanol–water partition coefficient (Wildman–Crippen LogP) is 4.89. The number of hydrogen-bond acceptors (Lipinski definition) is 1. The van der Waals surface area contributed by atoms with Crippen LogP contribution in [0.5, 0.6) is 0 Å². The topological polar surface area (TPSA) is 20.2 Å². The minimum atomic E-state index is -0.870. The highest BCUT2D eigenvalue weighted by atomic mass is 79.9. The maximum absolute atomic E-state index is 13.2. The number of benzene rings is 2. The van der Waals surface area contributed by atoms with Crippen LogP contribution in [0.3, 0.4) is 0 Å². The van der Waals surface area contributed by atoms with Crippen molar-refractivity contribution in [2.45, 2.75) is 25.4 Å². The summed E-state index contributed by atoms with van der Waals surface area (Å²) in [6, 6.07) is 12.7. The van der Waals surface area contributed by atoms with Crippen molar-refractivity contribution in [3.05, 3.63) is 68.4 Å². The van der Waals surface area contributed by atoms with Crippen molar-refractivity contribution in [2.75, 3.05) is 0 Å². The van der Waals surface area contributed by atoms with Crippen LogP contribution in [0.25, 0.3) is 0 Å². The van der Waals surface area contributed by atoms with Crippen LogP contribution in [0.15, 0.2) is 51.4 Å². The Bertz CT molecular complexity index is 594. The molecular weight excluding hydrogens is 387 g/mol. The highest BCUT2D eigenvalue weighted by molar-refractivity contribution is 9.10. The van der Waals surface area contributed by atoms with Crippen LogP contribution in [0.2, 0.25) is 0 Å². The van der Waals surface area contributed by atoms with E-state index in [1.54, 1.807) is 19.1 Å². The first-order valence-corrected chi connectivity index (χ1v) is 7.85. The van der Waals surface area contributed by atoms with Gasteiger partial charge in [-0.15, -0.1) is 0 Å². The van der Waals surface area contributed by atoms with E-state index in [0.29, 0.717) is 17.3 Å². The summed E-state index contributed by atoms with van der Waals surface area (Å²) in [6.45, 7) is 1.80. The lowest BCUT2D eigenvalue weighted by molar-refractivity contribution is 0.0608. The van der Waals surface area contributed by atoms with E-state index in [1.165, 1.54) is 6.07 Å². The molecule has 1 nitrogen and oxygen atoms in total. The molecule has 106 valence electrons. The molecule has 1 unspecified atom stereocenters. The largest absolute Gasteiger partial charge is 0.389 e. The molecular formula is C16H15Br2FO. The van der Waals surface area contributed by atoms with Gasteiger partial charge < -0.3 is 5.11 Å². The molecule has 20 heavy (non-hydrogen) atoms. The number of hydrogen-bond donors (Lipinski definition) is 1. The fraction of sp³-hybridized carbons (Fsp3) is 0.250. The van der Waals surface area contributed by atoms with Gasteiger partial charge in [0.2, 0.25) is 0 Å². The summed E-state index contributed by atoms with van der Waals surface area (Å²) in [4.78, 5) is 0. The summed E-state index contributed by atoms with van der Waals surface area (Å²) in [5.74, 6) is -0.290. The zero-order valence-electron chi connectivity index (χ0n) is 11.0. The first-order valence-electron chi connectivity index (χ1n) is 6.26. The molecule has 2 rings (SSSR count). The van der Waals surface area contributed by atoms with E-state index in [4.69, 9.17) is 0 Å². The molecule has 0 aliphatic rings. The van der Waals surface area contributed by atoms with E-state index in [2.05, 4.69) is 31.9 Å². The predicted molar refractivity (Wildman–Crippen MR) is 86.3 cm³/mol. The van der Waals surface area contributed by atoms with Gasteiger partial charge in [0.05, 0.1) is 10.1 Å². The molecule has 0 aliphatic carbocycles. The molecule has 1 N–H and O–H groups in total. The van der Waals surface area contributed by atoms with Crippen molar-refractivity contribution in [1.82, 2.24) is 0 Å². The lowest BCUT2D eigenvalue weighted by Crippen LogP contribution is -2.30. The van der Waals surface area contributed by atoms with Crippen molar-refractivity contribution in [1.29, 1.82) is 0 Å². The highest BCUT2D eigenvalue weighted by Gasteiger charge is 2.22. The fourth-order valence-electron chi connectivity index (χ4n) is 2.19. The number of halogens is 3. The zero-order valence-corrected chi connectivity index (χ0v) is 14.2. The Morgan fingerprint density at radius 3 is 2.15 bits per heavy atom. The van der Waals surface area contributed by atoms with Gasteiger partial charge in [0, 0.05) is 17.3 Å². The molecule has 0 saturated heterocycles. The van der Waals surface area contributed by atoms with Crippen LogP contribution < -0.4 is 0 Å². The van der Waals surface area contributed by atoms with Gasteiger partial charge >= 0.3 is 0 Å². The van der Waals surface area contributed by atoms with Crippen LogP contribution >= 0.6 is 31.9 Å². The van der Waals surface area contributed by atoms with E-state index < -0.39 is 5.60 Å². The van der Waals surface area contributed by atoms with E-state index in [9.17, 15) is 9.50 Å². The lowest BCUT2D eigenvalue weighted by Gasteiger charge is -2.23. The van der Waals surface area contributed by atoms with Gasteiger partial charge in [-0.25, -0.2) is 4.39 Å². The summed E-state index contributed by atoms with van der Waals surface area (Å²) >= 11 is 6.56. The van der Waals surface area contributed by atoms with Crippen LogP contribution in [-0.4, -0.2) is 10.7 Å². The van der Waals surface area contributed by atoms with Gasteiger partial charge in [-0.3, -0.25) is 0 Å². The Balaban J connectivity index is 2.09. The number of rotatable bonds is 4. The monoisotopic (exact) mass is 400 g/mol. The second-order valence-corrected chi connectivity index (χ2v) is 7.00. The molecule has 0 radical (unpaired) electrons. The van der Waals surface area contributed by atoms with Crippen molar-refractivity contribution in [3.8, 4) is 0 Å². The smallest absolute Gasteiger partial charge is 0.137 e. The lowest BCUT2D eigenvalue weighted by atomic mass is 9.90. The van der Waals surface area contributed by atoms with Crippen molar-refractivity contribution in [3.63, 3.8) is 0 Å². The molecule has 0 heterocycles. The normalized spacial score (nSPS) is 14.1. The SMILES string of the molecule is CC(O)(Cc1ccc(Br)cc1)Cc1ccc(F)c(Br)c1. The van der Waals surface area contributed by atoms with E-state index in [0.717, 1.165) is 15.6 Å². The Morgan fingerprint density at radius 1 is 1.00 bits per heavy atom. The average Bonchev–Trinajstić information content (AvgIpc) is 2.36. The first-order chi connectivity index (χ1) is 9.35. The maximum Gasteiger partial charge on any atom is 0.137 e. The van der Waals surface area contributed by atoms with E-state index >= 15 is 0 Å². The third-order valence-electron chi connectivity index (χ3n) is 3.07. The summed E-state index contributed by atoms with van der Waals surface area (Å²) in [7, 11) is 0. The fourth-order valence-corrected chi connectivity index (χ4v) is 2.88. The Labute approximate surface area is 135 Å². The molecule has 2 aromatic rings. The second-order valence-electron chi connectivity index (χ2n) is 5.23. The van der Waals surface area contributed by atoms with Crippen molar-refractivity contribution < 1.29 is 9.50 Å². The van der Waals surface area contributed by atoms with Gasteiger partial charge in [0.25, 0.3) is 0 Å². The average molecular weight is 402 g/mol. The molecule has 0 amide bonds. The highest BCUT2D eigenvalue weighted by Crippen LogP contribution is 2.23. The minimum Gasteiger partial charge on any atom is -0.389 e. The molecule has 0 fully saturated rings. The van der Waals surface area contributed by atoms with Crippen LogP contribution in [0.1, 0.15) is 18.1 Å². The molecule has 2 aromatic carbocycles. The second kappa shape index (κ2) is 6.37. The van der Waals surface area contributed by atoms with Crippen molar-refractivity contribution >= 4 is 31.9 Å². The molecule has 0 spiro atoms. The third kappa shape index (κ3) is 4.40. The minimum absolute atomic E-state index is 0.290. The van der Waals surface area contributed by atoms with Crippen LogP contribution in [-0.2, 0) is 12.8 Å². The Hall–Kier alpha value is -0.710. The third-order valence-corrected chi connectivity index (χ3v) is 4.20.